The van der Waals surface area contributed by atoms with Crippen LogP contribution in [0.3, 0.4) is 0 Å². The van der Waals surface area contributed by atoms with Gasteiger partial charge < -0.3 is 24.4 Å². The molecular formula is C18H19N3O5. The molecule has 0 saturated carbocycles. The first-order valence-electron chi connectivity index (χ1n) is 8.23. The van der Waals surface area contributed by atoms with E-state index in [9.17, 15) is 9.90 Å². The van der Waals surface area contributed by atoms with E-state index in [4.69, 9.17) is 19.3 Å². The zero-order chi connectivity index (χ0) is 18.5. The first-order chi connectivity index (χ1) is 12.6. The molecule has 0 radical (unpaired) electrons. The van der Waals surface area contributed by atoms with E-state index in [1.165, 1.54) is 0 Å². The summed E-state index contributed by atoms with van der Waals surface area (Å²) in [6, 6.07) is 8.46. The van der Waals surface area contributed by atoms with Crippen LogP contribution in [0.4, 0.5) is 0 Å². The number of carbonyl (C=O) groups is 1. The number of nitrogens with one attached hydrogen (secondary N) is 1. The average Bonchev–Trinajstić information content (AvgIpc) is 3.04. The number of hydrogen-bond acceptors (Lipinski definition) is 7. The second kappa shape index (κ2) is 7.99. The second-order valence-corrected chi connectivity index (χ2v) is 5.96. The van der Waals surface area contributed by atoms with Gasteiger partial charge >= 0.3 is 0 Å². The van der Waals surface area contributed by atoms with Gasteiger partial charge in [-0.1, -0.05) is 5.16 Å². The maximum atomic E-state index is 12.5. The van der Waals surface area contributed by atoms with Crippen LogP contribution in [0.5, 0.6) is 5.75 Å². The summed E-state index contributed by atoms with van der Waals surface area (Å²) in [4.78, 5) is 12.5. The molecule has 1 amide bonds. The van der Waals surface area contributed by atoms with Gasteiger partial charge in [-0.25, -0.2) is 0 Å². The van der Waals surface area contributed by atoms with Gasteiger partial charge in [0.2, 0.25) is 0 Å². The Morgan fingerprint density at radius 3 is 2.92 bits per heavy atom. The van der Waals surface area contributed by atoms with Crippen LogP contribution in [-0.4, -0.2) is 41.5 Å². The van der Waals surface area contributed by atoms with Crippen LogP contribution in [-0.2, 0) is 11.3 Å². The first kappa shape index (κ1) is 17.9. The maximum absolute atomic E-state index is 12.5. The van der Waals surface area contributed by atoms with Crippen LogP contribution in [0.25, 0.3) is 0 Å². The Balaban J connectivity index is 1.70. The second-order valence-electron chi connectivity index (χ2n) is 5.96. The number of rotatable bonds is 5. The Hall–Kier alpha value is -2.89. The molecule has 1 aliphatic rings. The molecule has 1 aliphatic heterocycles. The lowest BCUT2D eigenvalue weighted by Crippen LogP contribution is -2.52. The molecule has 2 aromatic rings. The zero-order valence-corrected chi connectivity index (χ0v) is 14.3. The van der Waals surface area contributed by atoms with Gasteiger partial charge in [0.25, 0.3) is 5.91 Å². The van der Waals surface area contributed by atoms with Crippen molar-refractivity contribution in [2.45, 2.75) is 32.1 Å². The van der Waals surface area contributed by atoms with Crippen molar-refractivity contribution >= 4 is 5.91 Å². The van der Waals surface area contributed by atoms with Gasteiger partial charge in [0, 0.05) is 6.42 Å². The SMILES string of the molecule is Cc1onc(C(=O)N[C@@H]2COCC[C@H]2Oc2ccc(C#N)cc2)c1CO. The van der Waals surface area contributed by atoms with Crippen LogP contribution in [0.15, 0.2) is 28.8 Å². The third-order valence-electron chi connectivity index (χ3n) is 4.24. The quantitative estimate of drug-likeness (QED) is 0.828. The number of ether oxygens (including phenoxy) is 2. The highest BCUT2D eigenvalue weighted by atomic mass is 16.5. The summed E-state index contributed by atoms with van der Waals surface area (Å²) in [5, 5.41) is 24.8. The molecule has 1 aromatic carbocycles. The molecular weight excluding hydrogens is 338 g/mol. The lowest BCUT2D eigenvalue weighted by Gasteiger charge is -2.32. The monoisotopic (exact) mass is 357 g/mol. The number of aliphatic hydroxyl groups excluding tert-OH is 1. The van der Waals surface area contributed by atoms with Crippen LogP contribution in [0, 0.1) is 18.3 Å². The third-order valence-corrected chi connectivity index (χ3v) is 4.24. The van der Waals surface area contributed by atoms with Crippen molar-refractivity contribution < 1.29 is 23.9 Å². The zero-order valence-electron chi connectivity index (χ0n) is 14.3. The van der Waals surface area contributed by atoms with Crippen LogP contribution in [0.2, 0.25) is 0 Å². The van der Waals surface area contributed by atoms with E-state index in [1.807, 2.05) is 0 Å². The molecule has 0 aliphatic carbocycles. The summed E-state index contributed by atoms with van der Waals surface area (Å²) < 4.78 is 16.4. The molecule has 2 atom stereocenters. The number of hydrogen-bond donors (Lipinski definition) is 2. The van der Waals surface area contributed by atoms with Crippen molar-refractivity contribution in [3.63, 3.8) is 0 Å². The molecule has 3 rings (SSSR count). The third kappa shape index (κ3) is 3.85. The van der Waals surface area contributed by atoms with Gasteiger partial charge in [-0.15, -0.1) is 0 Å². The summed E-state index contributed by atoms with van der Waals surface area (Å²) in [6.07, 6.45) is 0.321. The van der Waals surface area contributed by atoms with E-state index >= 15 is 0 Å². The standard InChI is InChI=1S/C18H19N3O5/c1-11-14(9-22)17(21-26-11)18(23)20-15-10-24-7-6-16(15)25-13-4-2-12(8-19)3-5-13/h2-5,15-16,22H,6-7,9-10H2,1H3,(H,20,23)/t15-,16-/m1/s1. The maximum Gasteiger partial charge on any atom is 0.274 e. The number of aromatic nitrogens is 1. The predicted molar refractivity (Wildman–Crippen MR) is 89.4 cm³/mol. The van der Waals surface area contributed by atoms with E-state index in [1.54, 1.807) is 31.2 Å². The van der Waals surface area contributed by atoms with Gasteiger partial charge in [0.05, 0.1) is 43.1 Å². The smallest absolute Gasteiger partial charge is 0.274 e. The van der Waals surface area contributed by atoms with Crippen molar-refractivity contribution in [3.8, 4) is 11.8 Å². The summed E-state index contributed by atoms with van der Waals surface area (Å²) in [5.41, 5.74) is 0.976. The van der Waals surface area contributed by atoms with Gasteiger partial charge in [0.1, 0.15) is 17.6 Å². The van der Waals surface area contributed by atoms with Crippen molar-refractivity contribution in [2.75, 3.05) is 13.2 Å². The summed E-state index contributed by atoms with van der Waals surface area (Å²) in [7, 11) is 0. The van der Waals surface area contributed by atoms with Gasteiger partial charge in [-0.2, -0.15) is 5.26 Å². The fraction of sp³-hybridized carbons (Fsp3) is 0.389. The summed E-state index contributed by atoms with van der Waals surface area (Å²) in [6.45, 7) is 2.14. The van der Waals surface area contributed by atoms with Crippen LogP contribution < -0.4 is 10.1 Å². The van der Waals surface area contributed by atoms with E-state index in [2.05, 4.69) is 16.5 Å². The van der Waals surface area contributed by atoms with Crippen molar-refractivity contribution in [2.24, 2.45) is 0 Å². The van der Waals surface area contributed by atoms with E-state index < -0.39 is 5.91 Å². The minimum atomic E-state index is -0.449. The minimum absolute atomic E-state index is 0.0627. The Morgan fingerprint density at radius 2 is 2.23 bits per heavy atom. The summed E-state index contributed by atoms with van der Waals surface area (Å²) >= 11 is 0. The highest BCUT2D eigenvalue weighted by Gasteiger charge is 2.31. The average molecular weight is 357 g/mol. The van der Waals surface area contributed by atoms with E-state index in [0.29, 0.717) is 42.3 Å². The van der Waals surface area contributed by atoms with Gasteiger partial charge in [-0.05, 0) is 31.2 Å². The van der Waals surface area contributed by atoms with Gasteiger partial charge in [-0.3, -0.25) is 4.79 Å². The first-order valence-corrected chi connectivity index (χ1v) is 8.23. The van der Waals surface area contributed by atoms with Crippen LogP contribution >= 0.6 is 0 Å². The molecule has 2 N–H and O–H groups in total. The lowest BCUT2D eigenvalue weighted by molar-refractivity contribution is -0.00301. The molecule has 1 aromatic heterocycles. The fourth-order valence-corrected chi connectivity index (χ4v) is 2.77. The Bertz CT molecular complexity index is 809. The minimum Gasteiger partial charge on any atom is -0.488 e. The number of carbonyl (C=O) groups excluding carboxylic acids is 1. The van der Waals surface area contributed by atoms with Crippen molar-refractivity contribution in [1.29, 1.82) is 5.26 Å². The fourth-order valence-electron chi connectivity index (χ4n) is 2.77. The van der Waals surface area contributed by atoms with E-state index in [-0.39, 0.29) is 24.4 Å². The molecule has 26 heavy (non-hydrogen) atoms. The molecule has 0 bridgehead atoms. The number of aryl methyl sites for hydroxylation is 1. The number of aliphatic hydroxyl groups is 1. The largest absolute Gasteiger partial charge is 0.488 e. The molecule has 136 valence electrons. The molecule has 1 saturated heterocycles. The highest BCUT2D eigenvalue weighted by molar-refractivity contribution is 5.94. The van der Waals surface area contributed by atoms with Crippen LogP contribution in [0.1, 0.15) is 33.8 Å². The Morgan fingerprint density at radius 1 is 1.46 bits per heavy atom. The van der Waals surface area contributed by atoms with Gasteiger partial charge in [0.15, 0.2) is 5.69 Å². The lowest BCUT2D eigenvalue weighted by atomic mass is 10.1. The van der Waals surface area contributed by atoms with Crippen molar-refractivity contribution in [3.05, 3.63) is 46.8 Å². The topological polar surface area (TPSA) is 118 Å². The predicted octanol–water partition coefficient (Wildman–Crippen LogP) is 1.31. The molecule has 0 unspecified atom stereocenters. The molecule has 8 nitrogen and oxygen atoms in total. The highest BCUT2D eigenvalue weighted by Crippen LogP contribution is 2.20. The Kier molecular flexibility index (Phi) is 5.51. The number of nitrogens with zero attached hydrogens (tertiary/aromatic N) is 2. The molecule has 1 fully saturated rings. The number of benzene rings is 1. The normalized spacial score (nSPS) is 19.6. The molecule has 2 heterocycles. The Labute approximate surface area is 150 Å². The molecule has 0 spiro atoms. The molecule has 8 heteroatoms. The number of nitriles is 1. The van der Waals surface area contributed by atoms with Crippen molar-refractivity contribution in [1.82, 2.24) is 10.5 Å². The summed E-state index contributed by atoms with van der Waals surface area (Å²) in [5.74, 6) is 0.571. The number of amides is 1. The van der Waals surface area contributed by atoms with E-state index in [0.717, 1.165) is 0 Å².